The number of alkyl halides is 3. The second-order valence-electron chi connectivity index (χ2n) is 7.32. The van der Waals surface area contributed by atoms with Crippen LogP contribution < -0.4 is 15.8 Å². The third-order valence-electron chi connectivity index (χ3n) is 4.95. The lowest BCUT2D eigenvalue weighted by Gasteiger charge is -2.19. The lowest BCUT2D eigenvalue weighted by Crippen LogP contribution is -2.44. The molecule has 11 heteroatoms. The van der Waals surface area contributed by atoms with Crippen molar-refractivity contribution >= 4 is 21.8 Å². The zero-order valence-corrected chi connectivity index (χ0v) is 17.0. The number of hydrogen-bond donors (Lipinski definition) is 3. The highest BCUT2D eigenvalue weighted by Gasteiger charge is 2.51. The molecular formula is C20H20F3N3O4S. The number of nitrogens with one attached hydrogen (secondary N) is 2. The van der Waals surface area contributed by atoms with Crippen LogP contribution in [-0.4, -0.2) is 32.5 Å². The Balaban J connectivity index is 1.67. The molecule has 4 N–H and O–H groups in total. The number of benzene rings is 2. The number of nitrogens with two attached hydrogens (primary N) is 1. The molecule has 2 aromatic carbocycles. The van der Waals surface area contributed by atoms with E-state index in [1.165, 1.54) is 12.1 Å². The minimum Gasteiger partial charge on any atom is -0.339 e. The van der Waals surface area contributed by atoms with Crippen LogP contribution in [0.2, 0.25) is 0 Å². The van der Waals surface area contributed by atoms with Crippen LogP contribution in [0.3, 0.4) is 0 Å². The number of halogens is 3. The minimum absolute atomic E-state index is 0.141. The van der Waals surface area contributed by atoms with Crippen LogP contribution in [0.25, 0.3) is 0 Å². The van der Waals surface area contributed by atoms with E-state index in [2.05, 4.69) is 0 Å². The molecule has 0 bridgehead atoms. The number of sulfonamides is 1. The monoisotopic (exact) mass is 455 g/mol. The summed E-state index contributed by atoms with van der Waals surface area (Å²) in [7, 11) is -4.23. The van der Waals surface area contributed by atoms with E-state index in [4.69, 9.17) is 5.73 Å². The molecule has 2 aromatic rings. The Bertz CT molecular complexity index is 1070. The fourth-order valence-corrected chi connectivity index (χ4v) is 4.11. The van der Waals surface area contributed by atoms with Crippen LogP contribution in [0.5, 0.6) is 0 Å². The van der Waals surface area contributed by atoms with Gasteiger partial charge in [0.25, 0.3) is 15.9 Å². The van der Waals surface area contributed by atoms with E-state index < -0.39 is 39.6 Å². The molecular weight excluding hydrogens is 435 g/mol. The third-order valence-corrected chi connectivity index (χ3v) is 6.31. The van der Waals surface area contributed by atoms with Crippen molar-refractivity contribution in [3.8, 4) is 0 Å². The summed E-state index contributed by atoms with van der Waals surface area (Å²) < 4.78 is 64.4. The Labute approximate surface area is 176 Å². The summed E-state index contributed by atoms with van der Waals surface area (Å²) >= 11 is 0. The molecule has 0 heterocycles. The quantitative estimate of drug-likeness (QED) is 0.588. The third kappa shape index (κ3) is 5.42. The Morgan fingerprint density at radius 2 is 1.61 bits per heavy atom. The molecule has 1 aliphatic carbocycles. The van der Waals surface area contributed by atoms with Crippen LogP contribution in [0.1, 0.15) is 24.0 Å². The summed E-state index contributed by atoms with van der Waals surface area (Å²) in [6.07, 6.45) is -4.28. The van der Waals surface area contributed by atoms with E-state index in [-0.39, 0.29) is 11.3 Å². The van der Waals surface area contributed by atoms with Gasteiger partial charge in [-0.1, -0.05) is 42.5 Å². The van der Waals surface area contributed by atoms with E-state index >= 15 is 0 Å². The largest absolute Gasteiger partial charge is 0.471 e. The van der Waals surface area contributed by atoms with Gasteiger partial charge >= 0.3 is 12.1 Å². The highest BCUT2D eigenvalue weighted by Crippen LogP contribution is 2.46. The molecule has 2 amide bonds. The molecule has 0 aromatic heterocycles. The zero-order chi connectivity index (χ0) is 22.9. The smallest absolute Gasteiger partial charge is 0.339 e. The highest BCUT2D eigenvalue weighted by molar-refractivity contribution is 7.90. The van der Waals surface area contributed by atoms with Crippen molar-refractivity contribution in [2.75, 3.05) is 0 Å². The molecule has 0 spiro atoms. The predicted molar refractivity (Wildman–Crippen MR) is 105 cm³/mol. The first-order valence-electron chi connectivity index (χ1n) is 9.29. The van der Waals surface area contributed by atoms with Gasteiger partial charge in [0.15, 0.2) is 0 Å². The van der Waals surface area contributed by atoms with Gasteiger partial charge in [-0.15, -0.1) is 0 Å². The topological polar surface area (TPSA) is 118 Å². The fraction of sp³-hybridized carbons (Fsp3) is 0.300. The summed E-state index contributed by atoms with van der Waals surface area (Å²) in [5, 5.41) is 1.95. The summed E-state index contributed by atoms with van der Waals surface area (Å²) in [5.74, 6) is -2.94. The summed E-state index contributed by atoms with van der Waals surface area (Å²) in [6, 6.07) is 12.7. The van der Waals surface area contributed by atoms with E-state index in [1.54, 1.807) is 30.3 Å². The van der Waals surface area contributed by atoms with E-state index in [9.17, 15) is 31.2 Å². The van der Waals surface area contributed by atoms with Crippen LogP contribution in [0.4, 0.5) is 13.2 Å². The minimum atomic E-state index is -5.01. The molecule has 0 saturated heterocycles. The maximum absolute atomic E-state index is 12.5. The number of rotatable bonds is 7. The van der Waals surface area contributed by atoms with Crippen molar-refractivity contribution < 1.29 is 31.2 Å². The van der Waals surface area contributed by atoms with E-state index in [0.29, 0.717) is 18.4 Å². The molecule has 31 heavy (non-hydrogen) atoms. The highest BCUT2D eigenvalue weighted by atomic mass is 32.2. The van der Waals surface area contributed by atoms with Gasteiger partial charge in [0, 0.05) is 0 Å². The lowest BCUT2D eigenvalue weighted by atomic mass is 10.1. The molecule has 1 aliphatic rings. The fourth-order valence-electron chi connectivity index (χ4n) is 3.08. The second-order valence-corrected chi connectivity index (χ2v) is 9.01. The van der Waals surface area contributed by atoms with Gasteiger partial charge in [0.2, 0.25) is 0 Å². The molecule has 7 nitrogen and oxygen atoms in total. The number of carbonyl (C=O) groups is 2. The van der Waals surface area contributed by atoms with Gasteiger partial charge < -0.3 is 11.1 Å². The summed E-state index contributed by atoms with van der Waals surface area (Å²) in [5.41, 5.74) is 5.74. The maximum atomic E-state index is 12.5. The molecule has 0 unspecified atom stereocenters. The van der Waals surface area contributed by atoms with E-state index in [1.807, 2.05) is 10.0 Å². The van der Waals surface area contributed by atoms with Gasteiger partial charge in [-0.25, -0.2) is 13.1 Å². The van der Waals surface area contributed by atoms with Crippen molar-refractivity contribution in [3.63, 3.8) is 0 Å². The summed E-state index contributed by atoms with van der Waals surface area (Å²) in [6.45, 7) is 0. The first-order chi connectivity index (χ1) is 14.4. The van der Waals surface area contributed by atoms with Crippen molar-refractivity contribution in [2.24, 2.45) is 5.73 Å². The normalized spacial score (nSPS) is 16.3. The molecule has 1 saturated carbocycles. The Morgan fingerprint density at radius 1 is 1.03 bits per heavy atom. The van der Waals surface area contributed by atoms with Gasteiger partial charge in [-0.3, -0.25) is 9.59 Å². The molecule has 3 rings (SSSR count). The molecule has 166 valence electrons. The predicted octanol–water partition coefficient (Wildman–Crippen LogP) is 1.73. The van der Waals surface area contributed by atoms with Crippen LogP contribution >= 0.6 is 0 Å². The van der Waals surface area contributed by atoms with Crippen molar-refractivity contribution in [1.82, 2.24) is 10.0 Å². The molecule has 1 atom stereocenters. The lowest BCUT2D eigenvalue weighted by molar-refractivity contribution is -0.174. The molecule has 0 aliphatic heterocycles. The van der Waals surface area contributed by atoms with Crippen LogP contribution in [0.15, 0.2) is 59.5 Å². The molecule has 0 radical (unpaired) electrons. The number of carbonyl (C=O) groups excluding carboxylic acids is 2. The SMILES string of the molecule is N[C@@H](Cc1ccccc1)C(=O)NS(=O)(=O)c1ccc(C2(NC(=O)C(F)(F)F)CC2)cc1. The Morgan fingerprint density at radius 3 is 2.13 bits per heavy atom. The van der Waals surface area contributed by atoms with Crippen molar-refractivity contribution in [2.45, 2.75) is 41.9 Å². The standard InChI is InChI=1S/C20H20F3N3O4S/c21-20(22,23)18(28)25-19(10-11-19)14-6-8-15(9-7-14)31(29,30)26-17(27)16(24)12-13-4-2-1-3-5-13/h1-9,16H,10-12,24H2,(H,25,28)(H,26,27)/t16-/m0/s1. The van der Waals surface area contributed by atoms with Gasteiger partial charge in [-0.2, -0.15) is 13.2 Å². The first-order valence-corrected chi connectivity index (χ1v) is 10.8. The van der Waals surface area contributed by atoms with Gasteiger partial charge in [0.1, 0.15) is 0 Å². The van der Waals surface area contributed by atoms with Crippen molar-refractivity contribution in [1.29, 1.82) is 0 Å². The number of hydrogen-bond acceptors (Lipinski definition) is 5. The van der Waals surface area contributed by atoms with Crippen molar-refractivity contribution in [3.05, 3.63) is 65.7 Å². The Hall–Kier alpha value is -2.92. The molecule has 1 fully saturated rings. The zero-order valence-electron chi connectivity index (χ0n) is 16.1. The maximum Gasteiger partial charge on any atom is 0.471 e. The van der Waals surface area contributed by atoms with Crippen LogP contribution in [-0.2, 0) is 31.6 Å². The van der Waals surface area contributed by atoms with Gasteiger partial charge in [-0.05, 0) is 42.5 Å². The average molecular weight is 455 g/mol. The first kappa shape index (κ1) is 22.8. The van der Waals surface area contributed by atoms with Crippen LogP contribution in [0, 0.1) is 0 Å². The number of amides is 2. The van der Waals surface area contributed by atoms with Gasteiger partial charge in [0.05, 0.1) is 16.5 Å². The summed E-state index contributed by atoms with van der Waals surface area (Å²) in [4.78, 5) is 23.2. The Kier molecular flexibility index (Phi) is 6.10. The second kappa shape index (κ2) is 8.31. The van der Waals surface area contributed by atoms with E-state index in [0.717, 1.165) is 17.7 Å². The average Bonchev–Trinajstić information content (AvgIpc) is 3.48.